The summed E-state index contributed by atoms with van der Waals surface area (Å²) in [6, 6.07) is 26.6. The van der Waals surface area contributed by atoms with E-state index < -0.39 is 46.3 Å². The van der Waals surface area contributed by atoms with Gasteiger partial charge in [0.15, 0.2) is 12.5 Å². The number of sulfonamides is 1. The Morgan fingerprint density at radius 1 is 0.889 bits per heavy atom. The fourth-order valence-corrected chi connectivity index (χ4v) is 9.54. The third-order valence-corrected chi connectivity index (χ3v) is 13.2. The van der Waals surface area contributed by atoms with E-state index in [1.165, 1.54) is 18.2 Å². The number of piperidine rings is 1. The summed E-state index contributed by atoms with van der Waals surface area (Å²) in [6.07, 6.45) is -2.42. The van der Waals surface area contributed by atoms with Gasteiger partial charge in [-0.25, -0.2) is 8.42 Å². The SMILES string of the molecule is Cc1ccc(-c2ccc(C(O)O)c(NS(=O)(=O)c3ccc(OCCCN4CCN(C(=O)CNc5cccc6c5C(=O)N(C5CCC(=O)NC5=O)C6O)CC4)cc3)c2)c2ccccc12. The Hall–Kier alpha value is -6.37. The number of benzene rings is 5. The molecular formula is C46H48N6O10S. The van der Waals surface area contributed by atoms with Crippen LogP contribution in [0.15, 0.2) is 102 Å². The van der Waals surface area contributed by atoms with Crippen LogP contribution in [0.5, 0.6) is 5.75 Å². The van der Waals surface area contributed by atoms with Gasteiger partial charge >= 0.3 is 0 Å². The first-order chi connectivity index (χ1) is 30.3. The fraction of sp³-hybridized carbons (Fsp3) is 0.304. The van der Waals surface area contributed by atoms with Gasteiger partial charge in [-0.1, -0.05) is 60.7 Å². The molecule has 3 heterocycles. The highest BCUT2D eigenvalue weighted by atomic mass is 32.2. The minimum absolute atomic E-state index is 0.0123. The van der Waals surface area contributed by atoms with Crippen molar-refractivity contribution in [3.8, 4) is 16.9 Å². The number of nitrogens with one attached hydrogen (secondary N) is 3. The maximum atomic E-state index is 13.5. The predicted molar refractivity (Wildman–Crippen MR) is 234 cm³/mol. The number of hydrogen-bond acceptors (Lipinski definition) is 12. The van der Waals surface area contributed by atoms with Crippen LogP contribution in [0, 0.1) is 6.92 Å². The minimum Gasteiger partial charge on any atom is -0.494 e. The Balaban J connectivity index is 0.796. The van der Waals surface area contributed by atoms with Crippen molar-refractivity contribution in [3.63, 3.8) is 0 Å². The molecular weight excluding hydrogens is 829 g/mol. The number of anilines is 2. The molecule has 4 amide bonds. The van der Waals surface area contributed by atoms with Gasteiger partial charge in [0.2, 0.25) is 17.7 Å². The second-order valence-corrected chi connectivity index (χ2v) is 17.5. The van der Waals surface area contributed by atoms with E-state index in [1.54, 1.807) is 47.4 Å². The Morgan fingerprint density at radius 3 is 2.37 bits per heavy atom. The maximum Gasteiger partial charge on any atom is 0.261 e. The molecule has 17 heteroatoms. The summed E-state index contributed by atoms with van der Waals surface area (Å²) >= 11 is 0. The molecule has 0 spiro atoms. The van der Waals surface area contributed by atoms with Crippen LogP contribution in [0.25, 0.3) is 21.9 Å². The number of carbonyl (C=O) groups is 4. The van der Waals surface area contributed by atoms with Gasteiger partial charge in [0.25, 0.3) is 15.9 Å². The summed E-state index contributed by atoms with van der Waals surface area (Å²) in [5, 5.41) is 38.5. The first kappa shape index (κ1) is 43.3. The third-order valence-electron chi connectivity index (χ3n) is 11.8. The molecule has 5 aromatic rings. The molecule has 16 nitrogen and oxygen atoms in total. The number of rotatable bonds is 14. The smallest absolute Gasteiger partial charge is 0.261 e. The second-order valence-electron chi connectivity index (χ2n) is 15.8. The van der Waals surface area contributed by atoms with Gasteiger partial charge in [-0.3, -0.25) is 39.0 Å². The average molecular weight is 877 g/mol. The third kappa shape index (κ3) is 9.10. The van der Waals surface area contributed by atoms with E-state index in [2.05, 4.69) is 20.3 Å². The maximum absolute atomic E-state index is 13.5. The van der Waals surface area contributed by atoms with Crippen LogP contribution in [-0.2, 0) is 24.4 Å². The first-order valence-corrected chi connectivity index (χ1v) is 22.2. The van der Waals surface area contributed by atoms with Crippen molar-refractivity contribution in [3.05, 3.63) is 119 Å². The van der Waals surface area contributed by atoms with Gasteiger partial charge in [0.05, 0.1) is 29.3 Å². The molecule has 2 fully saturated rings. The summed E-state index contributed by atoms with van der Waals surface area (Å²) in [6.45, 7) is 5.35. The monoisotopic (exact) mass is 876 g/mol. The Bertz CT molecular complexity index is 2680. The lowest BCUT2D eigenvalue weighted by molar-refractivity contribution is -0.139. The summed E-state index contributed by atoms with van der Waals surface area (Å²) in [5.74, 6) is -1.28. The molecule has 0 aromatic heterocycles. The molecule has 0 saturated carbocycles. The molecule has 3 aliphatic heterocycles. The van der Waals surface area contributed by atoms with Gasteiger partial charge < -0.3 is 30.3 Å². The van der Waals surface area contributed by atoms with Crippen molar-refractivity contribution in [1.29, 1.82) is 0 Å². The van der Waals surface area contributed by atoms with Crippen molar-refractivity contribution in [2.75, 3.05) is 55.9 Å². The quantitative estimate of drug-likeness (QED) is 0.0533. The summed E-state index contributed by atoms with van der Waals surface area (Å²) in [7, 11) is -4.13. The minimum atomic E-state index is -4.13. The predicted octanol–water partition coefficient (Wildman–Crippen LogP) is 3.88. The standard InChI is InChI=1S/C46H48N6O10S/c1-28-10-16-33(34-7-3-2-6-32(28)34)29-11-17-35(46(58)59)38(26-29)49-63(60,61)31-14-12-30(13-15-31)62-25-5-20-50-21-23-51(24-22-50)41(54)27-47-37-9-4-8-36-42(37)45(57)52(44(36)56)39-18-19-40(53)48-43(39)55/h2-4,6-17,26,39,44,46-47,49,56,58-59H,5,18-25,27H2,1H3,(H,48,53,55). The molecule has 2 unspecified atom stereocenters. The molecule has 0 bridgehead atoms. The highest BCUT2D eigenvalue weighted by Crippen LogP contribution is 2.39. The highest BCUT2D eigenvalue weighted by molar-refractivity contribution is 7.92. The van der Waals surface area contributed by atoms with Crippen LogP contribution in [0.1, 0.15) is 58.8 Å². The fourth-order valence-electron chi connectivity index (χ4n) is 8.46. The normalized spacial score (nSPS) is 18.1. The van der Waals surface area contributed by atoms with Crippen LogP contribution in [0.3, 0.4) is 0 Å². The molecule has 5 aromatic carbocycles. The number of carbonyl (C=O) groups excluding carboxylic acids is 4. The lowest BCUT2D eigenvalue weighted by atomic mass is 9.94. The number of imide groups is 1. The van der Waals surface area contributed by atoms with Gasteiger partial charge in [0.1, 0.15) is 11.8 Å². The van der Waals surface area contributed by atoms with E-state index in [9.17, 15) is 42.9 Å². The van der Waals surface area contributed by atoms with Crippen molar-refractivity contribution in [1.82, 2.24) is 20.0 Å². The number of amides is 4. The summed E-state index contributed by atoms with van der Waals surface area (Å²) < 4.78 is 35.6. The van der Waals surface area contributed by atoms with Crippen LogP contribution in [0.2, 0.25) is 0 Å². The largest absolute Gasteiger partial charge is 0.494 e. The first-order valence-electron chi connectivity index (χ1n) is 20.7. The van der Waals surface area contributed by atoms with E-state index in [0.29, 0.717) is 61.8 Å². The van der Waals surface area contributed by atoms with Crippen molar-refractivity contribution in [2.24, 2.45) is 0 Å². The zero-order valence-electron chi connectivity index (χ0n) is 34.5. The van der Waals surface area contributed by atoms with E-state index in [1.807, 2.05) is 43.3 Å². The number of nitrogens with zero attached hydrogens (tertiary/aromatic N) is 3. The summed E-state index contributed by atoms with van der Waals surface area (Å²) in [5.41, 5.74) is 3.62. The van der Waals surface area contributed by atoms with Gasteiger partial charge in [-0.15, -0.1) is 0 Å². The summed E-state index contributed by atoms with van der Waals surface area (Å²) in [4.78, 5) is 55.8. The number of fused-ring (bicyclic) bond motifs is 2. The highest BCUT2D eigenvalue weighted by Gasteiger charge is 2.45. The van der Waals surface area contributed by atoms with E-state index >= 15 is 0 Å². The van der Waals surface area contributed by atoms with Gasteiger partial charge in [-0.2, -0.15) is 0 Å². The second kappa shape index (κ2) is 18.2. The van der Waals surface area contributed by atoms with Crippen LogP contribution < -0.4 is 20.1 Å². The van der Waals surface area contributed by atoms with Gasteiger partial charge in [-0.05, 0) is 83.6 Å². The number of aliphatic hydroxyl groups is 3. The van der Waals surface area contributed by atoms with Crippen LogP contribution in [0.4, 0.5) is 11.4 Å². The van der Waals surface area contributed by atoms with E-state index in [4.69, 9.17) is 4.74 Å². The van der Waals surface area contributed by atoms with Crippen molar-refractivity contribution >= 4 is 55.8 Å². The molecule has 328 valence electrons. The molecule has 3 aliphatic rings. The molecule has 2 saturated heterocycles. The van der Waals surface area contributed by atoms with Crippen molar-refractivity contribution in [2.45, 2.75) is 49.6 Å². The Morgan fingerprint density at radius 2 is 1.63 bits per heavy atom. The van der Waals surface area contributed by atoms with Crippen LogP contribution in [-0.4, -0.2) is 114 Å². The Kier molecular flexibility index (Phi) is 12.5. The molecule has 0 aliphatic carbocycles. The lowest BCUT2D eigenvalue weighted by Gasteiger charge is -2.34. The van der Waals surface area contributed by atoms with E-state index in [0.717, 1.165) is 33.3 Å². The number of piperazine rings is 1. The van der Waals surface area contributed by atoms with Crippen LogP contribution >= 0.6 is 0 Å². The topological polar surface area (TPSA) is 218 Å². The van der Waals surface area contributed by atoms with E-state index in [-0.39, 0.29) is 47.0 Å². The number of hydrogen-bond donors (Lipinski definition) is 6. The average Bonchev–Trinajstić information content (AvgIpc) is 3.53. The van der Waals surface area contributed by atoms with Gasteiger partial charge in [0, 0.05) is 56.0 Å². The zero-order chi connectivity index (χ0) is 44.4. The number of ether oxygens (including phenoxy) is 1. The lowest BCUT2D eigenvalue weighted by Crippen LogP contribution is -2.53. The Labute approximate surface area is 364 Å². The van der Waals surface area contributed by atoms with Crippen molar-refractivity contribution < 1.29 is 47.7 Å². The number of aliphatic hydroxyl groups excluding tert-OH is 2. The molecule has 2 atom stereocenters. The number of aryl methyl sites for hydroxylation is 1. The molecule has 8 rings (SSSR count). The molecule has 63 heavy (non-hydrogen) atoms. The molecule has 6 N–H and O–H groups in total. The molecule has 0 radical (unpaired) electrons. The zero-order valence-corrected chi connectivity index (χ0v) is 35.3.